The third-order valence-corrected chi connectivity index (χ3v) is 4.98. The Labute approximate surface area is 174 Å². The van der Waals surface area contributed by atoms with Gasteiger partial charge in [-0.3, -0.25) is 4.99 Å². The van der Waals surface area contributed by atoms with Crippen LogP contribution >= 0.6 is 24.0 Å². The first kappa shape index (κ1) is 23.2. The molecule has 0 saturated carbocycles. The molecule has 1 saturated heterocycles. The van der Waals surface area contributed by atoms with Crippen molar-refractivity contribution in [3.05, 3.63) is 35.9 Å². The van der Waals surface area contributed by atoms with E-state index < -0.39 is 10.0 Å². The zero-order valence-corrected chi connectivity index (χ0v) is 18.8. The summed E-state index contributed by atoms with van der Waals surface area (Å²) in [6, 6.07) is 10.6. The molecule has 1 unspecified atom stereocenters. The summed E-state index contributed by atoms with van der Waals surface area (Å²) in [6.45, 7) is 5.98. The second kappa shape index (κ2) is 11.8. The summed E-state index contributed by atoms with van der Waals surface area (Å²) in [7, 11) is -3.11. The van der Waals surface area contributed by atoms with Crippen molar-refractivity contribution in [2.24, 2.45) is 10.9 Å². The molecule has 26 heavy (non-hydrogen) atoms. The Hall–Kier alpha value is -0.870. The number of nitrogens with one attached hydrogen (secondary N) is 2. The molecular formula is C18H31IN4O2S. The van der Waals surface area contributed by atoms with Crippen LogP contribution < -0.4 is 10.0 Å². The van der Waals surface area contributed by atoms with E-state index in [0.717, 1.165) is 32.0 Å². The van der Waals surface area contributed by atoms with Crippen molar-refractivity contribution in [3.8, 4) is 0 Å². The van der Waals surface area contributed by atoms with Crippen LogP contribution in [-0.2, 0) is 16.4 Å². The SMILES string of the molecule is CCNC(=NCCCNS(C)(=O)=O)N1CCC(Cc2ccccc2)C1.I. The number of halogens is 1. The van der Waals surface area contributed by atoms with Crippen molar-refractivity contribution in [1.29, 1.82) is 0 Å². The largest absolute Gasteiger partial charge is 0.357 e. The van der Waals surface area contributed by atoms with Gasteiger partial charge in [0.1, 0.15) is 0 Å². The highest BCUT2D eigenvalue weighted by Gasteiger charge is 2.24. The average Bonchev–Trinajstić information content (AvgIpc) is 3.02. The Morgan fingerprint density at radius 1 is 1.31 bits per heavy atom. The second-order valence-electron chi connectivity index (χ2n) is 6.55. The maximum Gasteiger partial charge on any atom is 0.208 e. The van der Waals surface area contributed by atoms with E-state index in [0.29, 0.717) is 25.4 Å². The highest BCUT2D eigenvalue weighted by atomic mass is 127. The molecule has 1 aromatic carbocycles. The number of aliphatic imine (C=N–C) groups is 1. The lowest BCUT2D eigenvalue weighted by atomic mass is 9.99. The molecule has 0 radical (unpaired) electrons. The van der Waals surface area contributed by atoms with E-state index in [1.54, 1.807) is 0 Å². The molecule has 2 N–H and O–H groups in total. The molecule has 1 aliphatic rings. The lowest BCUT2D eigenvalue weighted by Gasteiger charge is -2.21. The van der Waals surface area contributed by atoms with Crippen molar-refractivity contribution in [1.82, 2.24) is 14.9 Å². The van der Waals surface area contributed by atoms with Crippen LogP contribution in [0.5, 0.6) is 0 Å². The van der Waals surface area contributed by atoms with E-state index in [1.165, 1.54) is 18.2 Å². The van der Waals surface area contributed by atoms with Crippen LogP contribution in [0, 0.1) is 5.92 Å². The lowest BCUT2D eigenvalue weighted by molar-refractivity contribution is 0.459. The van der Waals surface area contributed by atoms with E-state index in [1.807, 2.05) is 0 Å². The predicted octanol–water partition coefficient (Wildman–Crippen LogP) is 2.07. The molecule has 1 heterocycles. The molecule has 1 aliphatic heterocycles. The molecule has 148 valence electrons. The molecule has 1 atom stereocenters. The number of likely N-dealkylation sites (tertiary alicyclic amines) is 1. The first-order chi connectivity index (χ1) is 12.0. The second-order valence-corrected chi connectivity index (χ2v) is 8.38. The normalized spacial score (nSPS) is 17.8. The Morgan fingerprint density at radius 3 is 2.69 bits per heavy atom. The topological polar surface area (TPSA) is 73.8 Å². The fourth-order valence-corrected chi connectivity index (χ4v) is 3.60. The van der Waals surface area contributed by atoms with Crippen molar-refractivity contribution in [2.75, 3.05) is 39.0 Å². The third-order valence-electron chi connectivity index (χ3n) is 4.25. The van der Waals surface area contributed by atoms with E-state index in [-0.39, 0.29) is 24.0 Å². The quantitative estimate of drug-likeness (QED) is 0.251. The van der Waals surface area contributed by atoms with Gasteiger partial charge in [-0.25, -0.2) is 13.1 Å². The Balaban J connectivity index is 0.00000338. The Bertz CT molecular complexity index is 652. The van der Waals surface area contributed by atoms with Gasteiger partial charge in [0.15, 0.2) is 5.96 Å². The molecule has 0 aliphatic carbocycles. The predicted molar refractivity (Wildman–Crippen MR) is 119 cm³/mol. The first-order valence-electron chi connectivity index (χ1n) is 8.99. The summed E-state index contributed by atoms with van der Waals surface area (Å²) in [5, 5.41) is 3.35. The number of benzene rings is 1. The standard InChI is InChI=1S/C18H30N4O2S.HI/c1-3-19-18(20-11-7-12-21-25(2,23)24)22-13-10-17(15-22)14-16-8-5-4-6-9-16;/h4-6,8-9,17,21H,3,7,10-15H2,1-2H3,(H,19,20);1H. The van der Waals surface area contributed by atoms with Crippen molar-refractivity contribution < 1.29 is 8.42 Å². The van der Waals surface area contributed by atoms with Gasteiger partial charge >= 0.3 is 0 Å². The molecule has 0 bridgehead atoms. The van der Waals surface area contributed by atoms with Gasteiger partial charge in [0.05, 0.1) is 6.26 Å². The molecule has 2 rings (SSSR count). The first-order valence-corrected chi connectivity index (χ1v) is 10.9. The van der Waals surface area contributed by atoms with E-state index in [9.17, 15) is 8.42 Å². The maximum atomic E-state index is 11.1. The highest BCUT2D eigenvalue weighted by molar-refractivity contribution is 14.0. The average molecular weight is 494 g/mol. The minimum atomic E-state index is -3.11. The van der Waals surface area contributed by atoms with Crippen molar-refractivity contribution >= 4 is 40.0 Å². The summed E-state index contributed by atoms with van der Waals surface area (Å²) >= 11 is 0. The van der Waals surface area contributed by atoms with Gasteiger partial charge in [0.25, 0.3) is 0 Å². The molecule has 0 spiro atoms. The van der Waals surface area contributed by atoms with Gasteiger partial charge in [-0.2, -0.15) is 0 Å². The number of sulfonamides is 1. The van der Waals surface area contributed by atoms with Crippen LogP contribution in [0.25, 0.3) is 0 Å². The molecule has 0 amide bonds. The van der Waals surface area contributed by atoms with E-state index >= 15 is 0 Å². The van der Waals surface area contributed by atoms with Gasteiger partial charge in [-0.1, -0.05) is 30.3 Å². The molecular weight excluding hydrogens is 463 g/mol. The molecule has 6 nitrogen and oxygen atoms in total. The van der Waals surface area contributed by atoms with Crippen molar-refractivity contribution in [2.45, 2.75) is 26.2 Å². The van der Waals surface area contributed by atoms with Crippen LogP contribution in [0.4, 0.5) is 0 Å². The minimum absolute atomic E-state index is 0. The maximum absolute atomic E-state index is 11.1. The fraction of sp³-hybridized carbons (Fsp3) is 0.611. The smallest absolute Gasteiger partial charge is 0.208 e. The number of guanidine groups is 1. The highest BCUT2D eigenvalue weighted by Crippen LogP contribution is 2.20. The third kappa shape index (κ3) is 8.68. The van der Waals surface area contributed by atoms with Crippen LogP contribution in [0.15, 0.2) is 35.3 Å². The van der Waals surface area contributed by atoms with Gasteiger partial charge in [-0.15, -0.1) is 24.0 Å². The van der Waals surface area contributed by atoms with Gasteiger partial charge in [0, 0.05) is 32.7 Å². The van der Waals surface area contributed by atoms with Crippen LogP contribution in [0.1, 0.15) is 25.3 Å². The van der Waals surface area contributed by atoms with E-state index in [4.69, 9.17) is 0 Å². The van der Waals surface area contributed by atoms with Crippen LogP contribution in [-0.4, -0.2) is 58.3 Å². The summed E-state index contributed by atoms with van der Waals surface area (Å²) < 4.78 is 24.6. The summed E-state index contributed by atoms with van der Waals surface area (Å²) in [5.41, 5.74) is 1.39. The number of hydrogen-bond acceptors (Lipinski definition) is 3. The lowest BCUT2D eigenvalue weighted by Crippen LogP contribution is -2.40. The Kier molecular flexibility index (Phi) is 10.5. The fourth-order valence-electron chi connectivity index (χ4n) is 3.09. The summed E-state index contributed by atoms with van der Waals surface area (Å²) in [6.07, 6.45) is 4.16. The van der Waals surface area contributed by atoms with Crippen LogP contribution in [0.2, 0.25) is 0 Å². The Morgan fingerprint density at radius 2 is 2.04 bits per heavy atom. The number of hydrogen-bond donors (Lipinski definition) is 2. The summed E-state index contributed by atoms with van der Waals surface area (Å²) in [5.74, 6) is 1.59. The van der Waals surface area contributed by atoms with E-state index in [2.05, 4.69) is 57.2 Å². The minimum Gasteiger partial charge on any atom is -0.357 e. The molecule has 0 aromatic heterocycles. The molecule has 1 fully saturated rings. The van der Waals surface area contributed by atoms with Crippen molar-refractivity contribution in [3.63, 3.8) is 0 Å². The van der Waals surface area contributed by atoms with Gasteiger partial charge in [-0.05, 0) is 37.7 Å². The molecule has 1 aromatic rings. The number of nitrogens with zero attached hydrogens (tertiary/aromatic N) is 2. The van der Waals surface area contributed by atoms with Gasteiger partial charge in [0.2, 0.25) is 10.0 Å². The molecule has 8 heteroatoms. The number of rotatable bonds is 8. The van der Waals surface area contributed by atoms with Gasteiger partial charge < -0.3 is 10.2 Å². The monoisotopic (exact) mass is 494 g/mol. The zero-order chi connectivity index (χ0) is 18.1. The zero-order valence-electron chi connectivity index (χ0n) is 15.6. The summed E-state index contributed by atoms with van der Waals surface area (Å²) in [4.78, 5) is 6.97. The van der Waals surface area contributed by atoms with Crippen LogP contribution in [0.3, 0.4) is 0 Å².